The lowest BCUT2D eigenvalue weighted by molar-refractivity contribution is -0.137. The van der Waals surface area contributed by atoms with Crippen LogP contribution in [0.15, 0.2) is 42.6 Å². The smallest absolute Gasteiger partial charge is 0.382 e. The molecule has 2 unspecified atom stereocenters. The van der Waals surface area contributed by atoms with Gasteiger partial charge in [-0.25, -0.2) is 9.37 Å². The molecule has 37 heavy (non-hydrogen) atoms. The van der Waals surface area contributed by atoms with E-state index in [9.17, 15) is 18.0 Å². The molecule has 2 atom stereocenters. The van der Waals surface area contributed by atoms with Crippen molar-refractivity contribution in [1.82, 2.24) is 15.3 Å². The third-order valence-electron chi connectivity index (χ3n) is 7.00. The second-order valence-corrected chi connectivity index (χ2v) is 9.48. The highest BCUT2D eigenvalue weighted by atomic mass is 19.4. The van der Waals surface area contributed by atoms with E-state index in [1.165, 1.54) is 6.20 Å². The fourth-order valence-electron chi connectivity index (χ4n) is 5.08. The monoisotopic (exact) mass is 513 g/mol. The van der Waals surface area contributed by atoms with Crippen LogP contribution in [0.4, 0.5) is 28.9 Å². The van der Waals surface area contributed by atoms with E-state index in [0.717, 1.165) is 43.8 Å². The van der Waals surface area contributed by atoms with Gasteiger partial charge in [-0.15, -0.1) is 0 Å². The van der Waals surface area contributed by atoms with Gasteiger partial charge in [0.05, 0.1) is 11.1 Å². The molecule has 4 N–H and O–H groups in total. The van der Waals surface area contributed by atoms with Crippen LogP contribution in [-0.4, -0.2) is 35.0 Å². The minimum atomic E-state index is -4.70. The van der Waals surface area contributed by atoms with Gasteiger partial charge in [-0.2, -0.15) is 13.2 Å². The van der Waals surface area contributed by atoms with Crippen molar-refractivity contribution >= 4 is 28.4 Å². The van der Waals surface area contributed by atoms with Crippen molar-refractivity contribution in [3.8, 4) is 0 Å². The van der Waals surface area contributed by atoms with Gasteiger partial charge in [-0.05, 0) is 62.7 Å². The largest absolute Gasteiger partial charge is 0.416 e. The van der Waals surface area contributed by atoms with E-state index in [1.807, 2.05) is 12.1 Å². The molecule has 3 heterocycles. The van der Waals surface area contributed by atoms with Crippen LogP contribution in [0.5, 0.6) is 0 Å². The van der Waals surface area contributed by atoms with Crippen LogP contribution in [0.1, 0.15) is 48.0 Å². The lowest BCUT2D eigenvalue weighted by Crippen LogP contribution is -2.43. The van der Waals surface area contributed by atoms with Crippen molar-refractivity contribution in [2.75, 3.05) is 23.7 Å². The standard InChI is InChI=1S/C27H27F4N5O/c1-3-15-13-32-9-8-21(15)35-17-5-7-22-19(11-17)24(26(37)36-22)23(25-33-12-14(2)34-25)18-6-4-16(10-20(18)28)27(29,30)31/h4-7,10-12,15,21,32,35H,3,8-9,13H2,1-2H3,(H,33,34)(H,36,37)/b24-23-. The Morgan fingerprint density at radius 2 is 2.00 bits per heavy atom. The van der Waals surface area contributed by atoms with E-state index in [2.05, 4.69) is 32.8 Å². The third kappa shape index (κ3) is 4.85. The second kappa shape index (κ2) is 9.66. The highest BCUT2D eigenvalue weighted by Crippen LogP contribution is 2.42. The molecule has 0 saturated carbocycles. The average Bonchev–Trinajstić information content (AvgIpc) is 3.42. The van der Waals surface area contributed by atoms with E-state index >= 15 is 4.39 Å². The number of amides is 1. The number of aryl methyl sites for hydroxylation is 1. The first-order valence-corrected chi connectivity index (χ1v) is 12.2. The Balaban J connectivity index is 1.64. The highest BCUT2D eigenvalue weighted by molar-refractivity contribution is 6.38. The Morgan fingerprint density at radius 1 is 1.19 bits per heavy atom. The Kier molecular flexibility index (Phi) is 6.53. The van der Waals surface area contributed by atoms with Crippen molar-refractivity contribution in [3.63, 3.8) is 0 Å². The van der Waals surface area contributed by atoms with Crippen molar-refractivity contribution in [3.05, 3.63) is 76.6 Å². The van der Waals surface area contributed by atoms with Crippen LogP contribution in [0.25, 0.3) is 11.1 Å². The second-order valence-electron chi connectivity index (χ2n) is 9.48. The Labute approximate surface area is 211 Å². The number of nitrogens with zero attached hydrogens (tertiary/aromatic N) is 1. The molecule has 2 aliphatic heterocycles. The maximum absolute atomic E-state index is 15.2. The number of hydrogen-bond donors (Lipinski definition) is 4. The fraction of sp³-hybridized carbons (Fsp3) is 0.333. The number of nitrogens with one attached hydrogen (secondary N) is 4. The van der Waals surface area contributed by atoms with E-state index in [1.54, 1.807) is 13.0 Å². The number of benzene rings is 2. The molecule has 1 amide bonds. The molecule has 2 aliphatic rings. The molecule has 3 aromatic rings. The van der Waals surface area contributed by atoms with E-state index in [4.69, 9.17) is 0 Å². The molecule has 0 aliphatic carbocycles. The Hall–Kier alpha value is -3.66. The molecule has 1 fully saturated rings. The maximum atomic E-state index is 15.2. The normalized spacial score (nSPS) is 21.0. The van der Waals surface area contributed by atoms with Gasteiger partial charge >= 0.3 is 6.18 Å². The molecule has 5 rings (SSSR count). The Bertz CT molecular complexity index is 1380. The molecule has 1 saturated heterocycles. The Morgan fingerprint density at radius 3 is 2.68 bits per heavy atom. The zero-order chi connectivity index (χ0) is 26.3. The molecule has 0 bridgehead atoms. The minimum Gasteiger partial charge on any atom is -0.382 e. The quantitative estimate of drug-likeness (QED) is 0.265. The number of alkyl halides is 3. The summed E-state index contributed by atoms with van der Waals surface area (Å²) in [5.41, 5.74) is 1.51. The summed E-state index contributed by atoms with van der Waals surface area (Å²) in [6.45, 7) is 5.71. The predicted molar refractivity (Wildman–Crippen MR) is 134 cm³/mol. The summed E-state index contributed by atoms with van der Waals surface area (Å²) < 4.78 is 54.8. The highest BCUT2D eigenvalue weighted by Gasteiger charge is 2.34. The van der Waals surface area contributed by atoms with Gasteiger partial charge in [-0.3, -0.25) is 4.79 Å². The van der Waals surface area contributed by atoms with Crippen LogP contribution >= 0.6 is 0 Å². The molecule has 2 aromatic carbocycles. The number of piperidine rings is 1. The lowest BCUT2D eigenvalue weighted by Gasteiger charge is -2.33. The number of halogens is 4. The molecule has 6 nitrogen and oxygen atoms in total. The van der Waals surface area contributed by atoms with Crippen molar-refractivity contribution in [2.45, 2.75) is 38.9 Å². The number of rotatable bonds is 5. The molecular weight excluding hydrogens is 486 g/mol. The first-order valence-electron chi connectivity index (χ1n) is 12.2. The summed E-state index contributed by atoms with van der Waals surface area (Å²) in [5, 5.41) is 9.79. The molecule has 0 spiro atoms. The maximum Gasteiger partial charge on any atom is 0.416 e. The number of aromatic amines is 1. The molecular formula is C27H27F4N5O. The van der Waals surface area contributed by atoms with Crippen LogP contribution in [0, 0.1) is 18.7 Å². The van der Waals surface area contributed by atoms with Gasteiger partial charge in [0.25, 0.3) is 5.91 Å². The number of carbonyl (C=O) groups excluding carboxylic acids is 1. The van der Waals surface area contributed by atoms with E-state index in [0.29, 0.717) is 28.9 Å². The van der Waals surface area contributed by atoms with Crippen LogP contribution in [0.2, 0.25) is 0 Å². The predicted octanol–water partition coefficient (Wildman–Crippen LogP) is 5.59. The zero-order valence-corrected chi connectivity index (χ0v) is 20.4. The number of hydrogen-bond acceptors (Lipinski definition) is 4. The van der Waals surface area contributed by atoms with Crippen molar-refractivity contribution in [2.24, 2.45) is 5.92 Å². The summed E-state index contributed by atoms with van der Waals surface area (Å²) in [6, 6.07) is 8.04. The summed E-state index contributed by atoms with van der Waals surface area (Å²) in [4.78, 5) is 20.5. The van der Waals surface area contributed by atoms with Gasteiger partial charge in [0, 0.05) is 46.0 Å². The molecule has 1 aromatic heterocycles. The molecule has 0 radical (unpaired) electrons. The van der Waals surface area contributed by atoms with Crippen LogP contribution < -0.4 is 16.0 Å². The number of aromatic nitrogens is 2. The first kappa shape index (κ1) is 25.0. The van der Waals surface area contributed by atoms with Crippen LogP contribution in [-0.2, 0) is 11.0 Å². The fourth-order valence-corrected chi connectivity index (χ4v) is 5.08. The van der Waals surface area contributed by atoms with Crippen molar-refractivity contribution in [1.29, 1.82) is 0 Å². The third-order valence-corrected chi connectivity index (χ3v) is 7.00. The minimum absolute atomic E-state index is 0.0982. The van der Waals surface area contributed by atoms with Gasteiger partial charge in [0.2, 0.25) is 0 Å². The van der Waals surface area contributed by atoms with Crippen molar-refractivity contribution < 1.29 is 22.4 Å². The summed E-state index contributed by atoms with van der Waals surface area (Å²) in [6.07, 6.45) is -1.22. The summed E-state index contributed by atoms with van der Waals surface area (Å²) >= 11 is 0. The van der Waals surface area contributed by atoms with Gasteiger partial charge in [0.1, 0.15) is 11.6 Å². The van der Waals surface area contributed by atoms with Crippen LogP contribution in [0.3, 0.4) is 0 Å². The molecule has 194 valence electrons. The topological polar surface area (TPSA) is 81.8 Å². The number of H-pyrrole nitrogens is 1. The molecule has 10 heteroatoms. The van der Waals surface area contributed by atoms with E-state index in [-0.39, 0.29) is 28.6 Å². The van der Waals surface area contributed by atoms with Gasteiger partial charge in [-0.1, -0.05) is 19.4 Å². The number of carbonyl (C=O) groups is 1. The first-order chi connectivity index (χ1) is 17.7. The SMILES string of the molecule is CCC1CNCCC1Nc1ccc2c(c1)/C(=C(/c1ncc(C)[nH]1)c1ccc(C(F)(F)F)cc1F)C(=O)N2. The summed E-state index contributed by atoms with van der Waals surface area (Å²) in [7, 11) is 0. The number of anilines is 2. The van der Waals surface area contributed by atoms with E-state index < -0.39 is 23.5 Å². The van der Waals surface area contributed by atoms with Gasteiger partial charge < -0.3 is 20.9 Å². The number of imidazole rings is 1. The summed E-state index contributed by atoms with van der Waals surface area (Å²) in [5.74, 6) is -0.942. The zero-order valence-electron chi connectivity index (χ0n) is 20.4. The number of fused-ring (bicyclic) bond motifs is 1. The lowest BCUT2D eigenvalue weighted by atomic mass is 9.90. The van der Waals surface area contributed by atoms with Gasteiger partial charge in [0.15, 0.2) is 0 Å². The average molecular weight is 514 g/mol.